The molecule has 4 rings (SSSR count). The van der Waals surface area contributed by atoms with Crippen LogP contribution in [0.15, 0.2) is 69.3 Å². The van der Waals surface area contributed by atoms with E-state index in [4.69, 9.17) is 14.2 Å². The highest BCUT2D eigenvalue weighted by Crippen LogP contribution is 2.31. The number of carbonyl (C=O) groups is 1. The number of hydrogen-bond acceptors (Lipinski definition) is 5. The number of hydrogen-bond donors (Lipinski definition) is 0. The molecule has 2 aromatic rings. The minimum Gasteiger partial charge on any atom is -0.497 e. The van der Waals surface area contributed by atoms with Gasteiger partial charge in [0, 0.05) is 16.1 Å². The smallest absolute Gasteiger partial charge is 0.363 e. The summed E-state index contributed by atoms with van der Waals surface area (Å²) in [5.74, 6) is 1.30. The normalized spacial score (nSPS) is 17.2. The van der Waals surface area contributed by atoms with Crippen molar-refractivity contribution in [3.05, 3.63) is 75.4 Å². The molecule has 0 aliphatic carbocycles. The molecule has 0 N–H and O–H groups in total. The molecular weight excluding hydrogens is 398 g/mol. The number of benzene rings is 2. The van der Waals surface area contributed by atoms with Crippen LogP contribution in [0, 0.1) is 0 Å². The molecule has 0 fully saturated rings. The number of aliphatic imine (C=N–C) groups is 1. The van der Waals surface area contributed by atoms with Crippen LogP contribution in [0.4, 0.5) is 0 Å². The van der Waals surface area contributed by atoms with Crippen LogP contribution < -0.4 is 9.47 Å². The van der Waals surface area contributed by atoms with Crippen LogP contribution in [-0.2, 0) is 9.53 Å². The number of methoxy groups -OCH3 is 1. The minimum absolute atomic E-state index is 0.252. The fraction of sp³-hybridized carbons (Fsp3) is 0.100. The summed E-state index contributed by atoms with van der Waals surface area (Å²) in [6.07, 6.45) is 3.66. The van der Waals surface area contributed by atoms with E-state index in [9.17, 15) is 4.79 Å². The van der Waals surface area contributed by atoms with Gasteiger partial charge in [0.05, 0.1) is 12.7 Å². The van der Waals surface area contributed by atoms with Crippen LogP contribution in [0.1, 0.15) is 11.1 Å². The zero-order valence-electron chi connectivity index (χ0n) is 13.9. The van der Waals surface area contributed by atoms with Crippen LogP contribution in [0.5, 0.6) is 11.5 Å². The van der Waals surface area contributed by atoms with Crippen molar-refractivity contribution in [2.45, 2.75) is 0 Å². The number of nitrogens with zero attached hydrogens (tertiary/aromatic N) is 1. The second-order valence-corrected chi connectivity index (χ2v) is 6.58. The van der Waals surface area contributed by atoms with Crippen molar-refractivity contribution in [3.63, 3.8) is 0 Å². The van der Waals surface area contributed by atoms with Crippen LogP contribution in [0.2, 0.25) is 0 Å². The first kappa shape index (κ1) is 16.6. The van der Waals surface area contributed by atoms with E-state index in [1.165, 1.54) is 0 Å². The predicted molar refractivity (Wildman–Crippen MR) is 101 cm³/mol. The van der Waals surface area contributed by atoms with Crippen LogP contribution >= 0.6 is 15.9 Å². The highest BCUT2D eigenvalue weighted by molar-refractivity contribution is 9.10. The number of ether oxygens (including phenoxy) is 3. The van der Waals surface area contributed by atoms with Gasteiger partial charge >= 0.3 is 5.97 Å². The Labute approximate surface area is 158 Å². The van der Waals surface area contributed by atoms with Gasteiger partial charge in [-0.05, 0) is 57.9 Å². The van der Waals surface area contributed by atoms with Crippen molar-refractivity contribution < 1.29 is 19.0 Å². The number of cyclic esters (lactones) is 1. The molecule has 2 aromatic carbocycles. The Balaban J connectivity index is 1.65. The van der Waals surface area contributed by atoms with E-state index in [-0.39, 0.29) is 11.6 Å². The monoisotopic (exact) mass is 411 g/mol. The zero-order chi connectivity index (χ0) is 18.1. The van der Waals surface area contributed by atoms with Crippen molar-refractivity contribution >= 4 is 33.9 Å². The summed E-state index contributed by atoms with van der Waals surface area (Å²) >= 11 is 3.44. The van der Waals surface area contributed by atoms with Gasteiger partial charge in [-0.25, -0.2) is 9.79 Å². The first-order valence-electron chi connectivity index (χ1n) is 7.93. The quantitative estimate of drug-likeness (QED) is 0.562. The molecule has 0 unspecified atom stereocenters. The molecule has 130 valence electrons. The van der Waals surface area contributed by atoms with Gasteiger partial charge in [0.15, 0.2) is 5.70 Å². The lowest BCUT2D eigenvalue weighted by Gasteiger charge is -2.16. The number of halogens is 1. The lowest BCUT2D eigenvalue weighted by molar-refractivity contribution is -0.130. The largest absolute Gasteiger partial charge is 0.497 e. The highest BCUT2D eigenvalue weighted by atomic mass is 79.9. The van der Waals surface area contributed by atoms with Crippen molar-refractivity contribution in [2.24, 2.45) is 4.99 Å². The van der Waals surface area contributed by atoms with E-state index in [1.54, 1.807) is 13.2 Å². The van der Waals surface area contributed by atoms with E-state index in [1.807, 2.05) is 48.5 Å². The van der Waals surface area contributed by atoms with Gasteiger partial charge in [-0.3, -0.25) is 0 Å². The lowest BCUT2D eigenvalue weighted by Crippen LogP contribution is -2.08. The summed E-state index contributed by atoms with van der Waals surface area (Å²) in [6.45, 7) is 0.344. The van der Waals surface area contributed by atoms with Crippen LogP contribution in [0.3, 0.4) is 0 Å². The van der Waals surface area contributed by atoms with Crippen molar-refractivity contribution in [2.75, 3.05) is 13.7 Å². The molecule has 5 nitrogen and oxygen atoms in total. The summed E-state index contributed by atoms with van der Waals surface area (Å²) in [6, 6.07) is 13.1. The highest BCUT2D eigenvalue weighted by Gasteiger charge is 2.26. The SMILES string of the molecule is COc1ccc2c(c1)OCC(C=C1N=C(c3ccccc3Br)OC1=O)=C2. The molecule has 0 bridgehead atoms. The Morgan fingerprint density at radius 3 is 2.88 bits per heavy atom. The predicted octanol–water partition coefficient (Wildman–Crippen LogP) is 4.12. The number of fused-ring (bicyclic) bond motifs is 1. The summed E-state index contributed by atoms with van der Waals surface area (Å²) in [4.78, 5) is 16.5. The summed E-state index contributed by atoms with van der Waals surface area (Å²) in [7, 11) is 1.61. The maximum atomic E-state index is 12.2. The van der Waals surface area contributed by atoms with E-state index in [2.05, 4.69) is 20.9 Å². The average molecular weight is 412 g/mol. The van der Waals surface area contributed by atoms with Gasteiger partial charge < -0.3 is 14.2 Å². The zero-order valence-corrected chi connectivity index (χ0v) is 15.4. The Kier molecular flexibility index (Phi) is 4.34. The fourth-order valence-corrected chi connectivity index (χ4v) is 3.16. The Morgan fingerprint density at radius 2 is 2.08 bits per heavy atom. The van der Waals surface area contributed by atoms with Crippen molar-refractivity contribution in [1.29, 1.82) is 0 Å². The molecule has 2 aliphatic heterocycles. The average Bonchev–Trinajstić information content (AvgIpc) is 3.02. The Morgan fingerprint density at radius 1 is 1.23 bits per heavy atom. The second kappa shape index (κ2) is 6.80. The number of esters is 1. The van der Waals surface area contributed by atoms with Crippen LogP contribution in [-0.4, -0.2) is 25.6 Å². The fourth-order valence-electron chi connectivity index (χ4n) is 2.71. The molecular formula is C20H14BrNO4. The summed E-state index contributed by atoms with van der Waals surface area (Å²) < 4.78 is 17.1. The summed E-state index contributed by atoms with van der Waals surface area (Å²) in [5.41, 5.74) is 2.75. The van der Waals surface area contributed by atoms with E-state index < -0.39 is 5.97 Å². The topological polar surface area (TPSA) is 57.1 Å². The standard InChI is InChI=1S/C20H14BrNO4/c1-24-14-7-6-13-8-12(11-25-18(13)10-14)9-17-20(23)26-19(22-17)15-4-2-3-5-16(15)21/h2-10H,11H2,1H3. The third kappa shape index (κ3) is 3.15. The molecule has 2 heterocycles. The molecule has 0 amide bonds. The van der Waals surface area contributed by atoms with Crippen molar-refractivity contribution in [3.8, 4) is 11.5 Å². The van der Waals surface area contributed by atoms with Gasteiger partial charge in [0.25, 0.3) is 0 Å². The minimum atomic E-state index is -0.475. The van der Waals surface area contributed by atoms with E-state index in [0.717, 1.165) is 32.7 Å². The molecule has 0 saturated heterocycles. The maximum absolute atomic E-state index is 12.2. The number of carbonyl (C=O) groups excluding carboxylic acids is 1. The molecule has 0 atom stereocenters. The van der Waals surface area contributed by atoms with Gasteiger partial charge in [0.2, 0.25) is 5.90 Å². The number of rotatable bonds is 3. The molecule has 26 heavy (non-hydrogen) atoms. The molecule has 6 heteroatoms. The lowest BCUT2D eigenvalue weighted by atomic mass is 10.1. The Bertz CT molecular complexity index is 991. The summed E-state index contributed by atoms with van der Waals surface area (Å²) in [5, 5.41) is 0. The van der Waals surface area contributed by atoms with Crippen molar-refractivity contribution in [1.82, 2.24) is 0 Å². The third-order valence-electron chi connectivity index (χ3n) is 4.00. The molecule has 0 aromatic heterocycles. The first-order chi connectivity index (χ1) is 12.6. The van der Waals surface area contributed by atoms with E-state index >= 15 is 0 Å². The van der Waals surface area contributed by atoms with Crippen LogP contribution in [0.25, 0.3) is 6.08 Å². The molecule has 0 saturated carbocycles. The van der Waals surface area contributed by atoms with Gasteiger partial charge in [-0.15, -0.1) is 0 Å². The Hall–Kier alpha value is -2.86. The van der Waals surface area contributed by atoms with E-state index in [0.29, 0.717) is 6.61 Å². The van der Waals surface area contributed by atoms with Gasteiger partial charge in [0.1, 0.15) is 18.1 Å². The molecule has 2 aliphatic rings. The second-order valence-electron chi connectivity index (χ2n) is 5.73. The van der Waals surface area contributed by atoms with Gasteiger partial charge in [-0.1, -0.05) is 12.1 Å². The molecule has 0 spiro atoms. The third-order valence-corrected chi connectivity index (χ3v) is 4.69. The maximum Gasteiger partial charge on any atom is 0.363 e. The first-order valence-corrected chi connectivity index (χ1v) is 8.72. The molecule has 0 radical (unpaired) electrons. The van der Waals surface area contributed by atoms with Gasteiger partial charge in [-0.2, -0.15) is 0 Å².